The van der Waals surface area contributed by atoms with Gasteiger partial charge in [0.1, 0.15) is 0 Å². The Morgan fingerprint density at radius 3 is 2.37 bits per heavy atom. The molecule has 114 valence electrons. The highest BCUT2D eigenvalue weighted by Crippen LogP contribution is 2.25. The first-order valence-electron chi connectivity index (χ1n) is 8.09. The highest BCUT2D eigenvalue weighted by atomic mass is 16.3. The summed E-state index contributed by atoms with van der Waals surface area (Å²) in [6.45, 7) is 10.8. The van der Waals surface area contributed by atoms with Crippen molar-refractivity contribution in [2.45, 2.75) is 58.4 Å². The summed E-state index contributed by atoms with van der Waals surface area (Å²) < 4.78 is 0. The van der Waals surface area contributed by atoms with Crippen molar-refractivity contribution >= 4 is 0 Å². The van der Waals surface area contributed by atoms with Crippen LogP contribution in [0.1, 0.15) is 52.9 Å². The summed E-state index contributed by atoms with van der Waals surface area (Å²) >= 11 is 0. The van der Waals surface area contributed by atoms with Gasteiger partial charge in [0.25, 0.3) is 0 Å². The van der Waals surface area contributed by atoms with Gasteiger partial charge in [-0.1, -0.05) is 20.8 Å². The van der Waals surface area contributed by atoms with E-state index in [1.54, 1.807) is 0 Å². The molecule has 0 aromatic heterocycles. The molecule has 1 rings (SSSR count). The number of rotatable bonds is 8. The lowest BCUT2D eigenvalue weighted by atomic mass is 9.86. The average molecular weight is 270 g/mol. The molecule has 1 heterocycles. The molecule has 0 saturated carbocycles. The molecule has 0 spiro atoms. The van der Waals surface area contributed by atoms with Crippen LogP contribution < -0.4 is 5.32 Å². The number of aliphatic hydroxyl groups excluding tert-OH is 1. The molecule has 1 unspecified atom stereocenters. The molecule has 0 bridgehead atoms. The summed E-state index contributed by atoms with van der Waals surface area (Å²) in [4.78, 5) is 2.60. The number of likely N-dealkylation sites (N-methyl/N-ethyl adjacent to an activating group) is 1. The Morgan fingerprint density at radius 1 is 1.32 bits per heavy atom. The largest absolute Gasteiger partial charge is 0.394 e. The average Bonchev–Trinajstić information content (AvgIpc) is 2.45. The maximum Gasteiger partial charge on any atom is 0.0613 e. The lowest BCUT2D eigenvalue weighted by molar-refractivity contribution is 0.130. The van der Waals surface area contributed by atoms with E-state index in [-0.39, 0.29) is 12.1 Å². The van der Waals surface area contributed by atoms with E-state index in [1.165, 1.54) is 38.9 Å². The molecular formula is C16H34N2O. The van der Waals surface area contributed by atoms with E-state index in [0.29, 0.717) is 0 Å². The Kier molecular flexibility index (Phi) is 7.33. The number of aliphatic hydroxyl groups is 1. The van der Waals surface area contributed by atoms with Crippen LogP contribution in [0.2, 0.25) is 0 Å². The molecule has 0 amide bonds. The predicted octanol–water partition coefficient (Wildman–Crippen LogP) is 2.50. The fourth-order valence-corrected chi connectivity index (χ4v) is 3.23. The summed E-state index contributed by atoms with van der Waals surface area (Å²) in [5, 5.41) is 12.8. The van der Waals surface area contributed by atoms with Gasteiger partial charge >= 0.3 is 0 Å². The van der Waals surface area contributed by atoms with Crippen LogP contribution in [0.15, 0.2) is 0 Å². The third kappa shape index (κ3) is 5.05. The fourth-order valence-electron chi connectivity index (χ4n) is 3.23. The third-order valence-electron chi connectivity index (χ3n) is 5.21. The highest BCUT2D eigenvalue weighted by Gasteiger charge is 2.25. The molecule has 19 heavy (non-hydrogen) atoms. The quantitative estimate of drug-likeness (QED) is 0.711. The van der Waals surface area contributed by atoms with E-state index in [4.69, 9.17) is 0 Å². The molecule has 1 atom stereocenters. The first-order valence-corrected chi connectivity index (χ1v) is 8.09. The van der Waals surface area contributed by atoms with E-state index in [9.17, 15) is 5.11 Å². The Morgan fingerprint density at radius 2 is 1.95 bits per heavy atom. The summed E-state index contributed by atoms with van der Waals surface area (Å²) in [6.07, 6.45) is 5.98. The second-order valence-electron chi connectivity index (χ2n) is 6.57. The molecule has 1 fully saturated rings. The van der Waals surface area contributed by atoms with Crippen molar-refractivity contribution in [3.05, 3.63) is 0 Å². The van der Waals surface area contributed by atoms with Gasteiger partial charge in [0.05, 0.1) is 6.61 Å². The van der Waals surface area contributed by atoms with Gasteiger partial charge in [-0.15, -0.1) is 0 Å². The molecule has 2 N–H and O–H groups in total. The molecule has 3 nitrogen and oxygen atoms in total. The standard InChI is InChI=1S/C16H34N2O/c1-5-16(13-19,17-4)9-6-10-18-11-7-15(8-12-18)14(2)3/h14-15,17,19H,5-13H2,1-4H3. The number of likely N-dealkylation sites (tertiary alicyclic amines) is 1. The third-order valence-corrected chi connectivity index (χ3v) is 5.21. The maximum absolute atomic E-state index is 9.53. The minimum atomic E-state index is -0.0593. The molecular weight excluding hydrogens is 236 g/mol. The molecule has 0 aromatic carbocycles. The van der Waals surface area contributed by atoms with E-state index in [1.807, 2.05) is 7.05 Å². The van der Waals surface area contributed by atoms with Crippen LogP contribution in [-0.4, -0.2) is 48.8 Å². The Bertz CT molecular complexity index is 223. The summed E-state index contributed by atoms with van der Waals surface area (Å²) in [7, 11) is 1.97. The first kappa shape index (κ1) is 16.9. The molecule has 1 saturated heterocycles. The van der Waals surface area contributed by atoms with Gasteiger partial charge in [-0.25, -0.2) is 0 Å². The summed E-state index contributed by atoms with van der Waals surface area (Å²) in [6, 6.07) is 0. The van der Waals surface area contributed by atoms with E-state index in [2.05, 4.69) is 31.0 Å². The van der Waals surface area contributed by atoms with E-state index >= 15 is 0 Å². The number of piperidine rings is 1. The Hall–Kier alpha value is -0.120. The zero-order chi connectivity index (χ0) is 14.3. The Labute approximate surface area is 119 Å². The van der Waals surface area contributed by atoms with Crippen molar-refractivity contribution < 1.29 is 5.11 Å². The first-order chi connectivity index (χ1) is 9.06. The second-order valence-corrected chi connectivity index (χ2v) is 6.57. The van der Waals surface area contributed by atoms with Crippen molar-refractivity contribution in [2.24, 2.45) is 11.8 Å². The van der Waals surface area contributed by atoms with Crippen LogP contribution in [0.3, 0.4) is 0 Å². The smallest absolute Gasteiger partial charge is 0.0613 e. The maximum atomic E-state index is 9.53. The predicted molar refractivity (Wildman–Crippen MR) is 82.4 cm³/mol. The highest BCUT2D eigenvalue weighted by molar-refractivity contribution is 4.85. The van der Waals surface area contributed by atoms with E-state index in [0.717, 1.165) is 24.7 Å². The number of hydrogen-bond donors (Lipinski definition) is 2. The van der Waals surface area contributed by atoms with Gasteiger partial charge in [-0.2, -0.15) is 0 Å². The SMILES string of the molecule is CCC(CO)(CCCN1CCC(C(C)C)CC1)NC. The van der Waals surface area contributed by atoms with E-state index < -0.39 is 0 Å². The summed E-state index contributed by atoms with van der Waals surface area (Å²) in [5.74, 6) is 1.77. The van der Waals surface area contributed by atoms with Crippen molar-refractivity contribution in [1.82, 2.24) is 10.2 Å². The lowest BCUT2D eigenvalue weighted by Gasteiger charge is -2.35. The molecule has 0 radical (unpaired) electrons. The van der Waals surface area contributed by atoms with Crippen molar-refractivity contribution in [1.29, 1.82) is 0 Å². The van der Waals surface area contributed by atoms with Gasteiger partial charge in [0, 0.05) is 5.54 Å². The van der Waals surface area contributed by atoms with Crippen LogP contribution in [0.25, 0.3) is 0 Å². The summed E-state index contributed by atoms with van der Waals surface area (Å²) in [5.41, 5.74) is -0.0593. The van der Waals surface area contributed by atoms with Gasteiger partial charge in [0.2, 0.25) is 0 Å². The minimum Gasteiger partial charge on any atom is -0.394 e. The van der Waals surface area contributed by atoms with Crippen LogP contribution in [0, 0.1) is 11.8 Å². The van der Waals surface area contributed by atoms with Crippen LogP contribution in [0.4, 0.5) is 0 Å². The monoisotopic (exact) mass is 270 g/mol. The lowest BCUT2D eigenvalue weighted by Crippen LogP contribution is -2.46. The van der Waals surface area contributed by atoms with Gasteiger partial charge in [-0.05, 0) is 70.6 Å². The number of nitrogens with zero attached hydrogens (tertiary/aromatic N) is 1. The topological polar surface area (TPSA) is 35.5 Å². The van der Waals surface area contributed by atoms with Crippen molar-refractivity contribution in [2.75, 3.05) is 33.3 Å². The molecule has 1 aliphatic heterocycles. The number of hydrogen-bond acceptors (Lipinski definition) is 3. The van der Waals surface area contributed by atoms with Crippen molar-refractivity contribution in [3.63, 3.8) is 0 Å². The normalized spacial score (nSPS) is 21.8. The van der Waals surface area contributed by atoms with Gasteiger partial charge in [-0.3, -0.25) is 0 Å². The van der Waals surface area contributed by atoms with Crippen LogP contribution in [-0.2, 0) is 0 Å². The van der Waals surface area contributed by atoms with Crippen LogP contribution in [0.5, 0.6) is 0 Å². The number of nitrogens with one attached hydrogen (secondary N) is 1. The van der Waals surface area contributed by atoms with Crippen molar-refractivity contribution in [3.8, 4) is 0 Å². The molecule has 3 heteroatoms. The molecule has 1 aliphatic rings. The minimum absolute atomic E-state index is 0.0593. The van der Waals surface area contributed by atoms with Crippen LogP contribution >= 0.6 is 0 Å². The molecule has 0 aromatic rings. The van der Waals surface area contributed by atoms with Gasteiger partial charge in [0.15, 0.2) is 0 Å². The fraction of sp³-hybridized carbons (Fsp3) is 1.00. The second kappa shape index (κ2) is 8.23. The van der Waals surface area contributed by atoms with Gasteiger partial charge < -0.3 is 15.3 Å². The zero-order valence-electron chi connectivity index (χ0n) is 13.4. The molecule has 0 aliphatic carbocycles. The Balaban J connectivity index is 2.24. The zero-order valence-corrected chi connectivity index (χ0v) is 13.4.